The standard InChI is InChI=1S/C21H27NO4/c1-5-15(4)26-17-10-8-16(9-11-17)22-21(23)19-13-12-18(24-6-2)14-20(19)25-7-3/h8-15H,5-7H2,1-4H3,(H,22,23)/t15-/m1/s1. The predicted molar refractivity (Wildman–Crippen MR) is 104 cm³/mol. The van der Waals surface area contributed by atoms with E-state index in [1.54, 1.807) is 18.2 Å². The number of rotatable bonds is 9. The molecule has 0 spiro atoms. The molecule has 0 bridgehead atoms. The number of hydrogen-bond donors (Lipinski definition) is 1. The second-order valence-corrected chi connectivity index (χ2v) is 5.84. The lowest BCUT2D eigenvalue weighted by atomic mass is 10.1. The van der Waals surface area contributed by atoms with Gasteiger partial charge in [-0.15, -0.1) is 0 Å². The number of nitrogens with one attached hydrogen (secondary N) is 1. The summed E-state index contributed by atoms with van der Waals surface area (Å²) in [7, 11) is 0. The number of anilines is 1. The number of hydrogen-bond acceptors (Lipinski definition) is 4. The minimum absolute atomic E-state index is 0.160. The molecule has 0 fully saturated rings. The van der Waals surface area contributed by atoms with Crippen molar-refractivity contribution >= 4 is 11.6 Å². The minimum Gasteiger partial charge on any atom is -0.494 e. The highest BCUT2D eigenvalue weighted by atomic mass is 16.5. The van der Waals surface area contributed by atoms with Crippen molar-refractivity contribution in [1.82, 2.24) is 0 Å². The van der Waals surface area contributed by atoms with E-state index in [2.05, 4.69) is 12.2 Å². The van der Waals surface area contributed by atoms with E-state index >= 15 is 0 Å². The molecule has 0 aliphatic rings. The van der Waals surface area contributed by atoms with Gasteiger partial charge in [0.25, 0.3) is 5.91 Å². The fourth-order valence-corrected chi connectivity index (χ4v) is 2.35. The van der Waals surface area contributed by atoms with Gasteiger partial charge in [-0.1, -0.05) is 6.92 Å². The molecule has 1 amide bonds. The highest BCUT2D eigenvalue weighted by Gasteiger charge is 2.14. The van der Waals surface area contributed by atoms with Gasteiger partial charge in [0.05, 0.1) is 24.9 Å². The molecule has 0 unspecified atom stereocenters. The van der Waals surface area contributed by atoms with Crippen LogP contribution in [0.15, 0.2) is 42.5 Å². The van der Waals surface area contributed by atoms with Crippen molar-refractivity contribution in [1.29, 1.82) is 0 Å². The summed E-state index contributed by atoms with van der Waals surface area (Å²) in [6, 6.07) is 12.6. The minimum atomic E-state index is -0.230. The van der Waals surface area contributed by atoms with Crippen molar-refractivity contribution in [3.05, 3.63) is 48.0 Å². The van der Waals surface area contributed by atoms with Crippen LogP contribution in [0, 0.1) is 0 Å². The first kappa shape index (κ1) is 19.6. The van der Waals surface area contributed by atoms with Gasteiger partial charge in [0, 0.05) is 11.8 Å². The second-order valence-electron chi connectivity index (χ2n) is 5.84. The van der Waals surface area contributed by atoms with Gasteiger partial charge in [0.15, 0.2) is 0 Å². The molecule has 2 aromatic rings. The van der Waals surface area contributed by atoms with Gasteiger partial charge in [-0.2, -0.15) is 0 Å². The molecule has 26 heavy (non-hydrogen) atoms. The SMILES string of the molecule is CCOc1ccc(C(=O)Nc2ccc(O[C@H](C)CC)cc2)c(OCC)c1. The summed E-state index contributed by atoms with van der Waals surface area (Å²) < 4.78 is 16.8. The number of amides is 1. The van der Waals surface area contributed by atoms with E-state index in [9.17, 15) is 4.79 Å². The Morgan fingerprint density at radius 2 is 1.62 bits per heavy atom. The summed E-state index contributed by atoms with van der Waals surface area (Å²) >= 11 is 0. The molecule has 5 heteroatoms. The van der Waals surface area contributed by atoms with Crippen molar-refractivity contribution in [2.24, 2.45) is 0 Å². The van der Waals surface area contributed by atoms with Crippen molar-refractivity contribution in [3.63, 3.8) is 0 Å². The van der Waals surface area contributed by atoms with E-state index in [1.165, 1.54) is 0 Å². The lowest BCUT2D eigenvalue weighted by Crippen LogP contribution is -2.14. The molecule has 5 nitrogen and oxygen atoms in total. The Balaban J connectivity index is 2.11. The molecular weight excluding hydrogens is 330 g/mol. The molecule has 1 N–H and O–H groups in total. The first-order chi connectivity index (χ1) is 12.6. The smallest absolute Gasteiger partial charge is 0.259 e. The second kappa shape index (κ2) is 9.70. The molecule has 2 rings (SSSR count). The highest BCUT2D eigenvalue weighted by Crippen LogP contribution is 2.26. The fraction of sp³-hybridized carbons (Fsp3) is 0.381. The first-order valence-electron chi connectivity index (χ1n) is 9.05. The predicted octanol–water partition coefficient (Wildman–Crippen LogP) is 4.91. The van der Waals surface area contributed by atoms with Crippen molar-refractivity contribution in [2.45, 2.75) is 40.2 Å². The molecule has 0 aliphatic heterocycles. The van der Waals surface area contributed by atoms with Gasteiger partial charge >= 0.3 is 0 Å². The quantitative estimate of drug-likeness (QED) is 0.692. The number of ether oxygens (including phenoxy) is 3. The number of carbonyl (C=O) groups excluding carboxylic acids is 1. The van der Waals surface area contributed by atoms with E-state index in [1.807, 2.05) is 45.0 Å². The maximum Gasteiger partial charge on any atom is 0.259 e. The Morgan fingerprint density at radius 1 is 0.962 bits per heavy atom. The molecule has 0 saturated heterocycles. The monoisotopic (exact) mass is 357 g/mol. The van der Waals surface area contributed by atoms with Gasteiger partial charge in [-0.3, -0.25) is 4.79 Å². The Morgan fingerprint density at radius 3 is 2.23 bits per heavy atom. The van der Waals surface area contributed by atoms with Gasteiger partial charge in [0.1, 0.15) is 17.2 Å². The third-order valence-electron chi connectivity index (χ3n) is 3.83. The van der Waals surface area contributed by atoms with E-state index in [4.69, 9.17) is 14.2 Å². The van der Waals surface area contributed by atoms with E-state index in [0.29, 0.717) is 36.0 Å². The zero-order valence-electron chi connectivity index (χ0n) is 15.9. The fourth-order valence-electron chi connectivity index (χ4n) is 2.35. The van der Waals surface area contributed by atoms with E-state index < -0.39 is 0 Å². The lowest BCUT2D eigenvalue weighted by molar-refractivity contribution is 0.102. The summed E-state index contributed by atoms with van der Waals surface area (Å²) in [6.07, 6.45) is 1.10. The van der Waals surface area contributed by atoms with Crippen LogP contribution in [0.25, 0.3) is 0 Å². The summed E-state index contributed by atoms with van der Waals surface area (Å²) in [5, 5.41) is 2.89. The van der Waals surface area contributed by atoms with Crippen LogP contribution in [0.5, 0.6) is 17.2 Å². The Kier molecular flexibility index (Phi) is 7.33. The average molecular weight is 357 g/mol. The Labute approximate surface area is 155 Å². The van der Waals surface area contributed by atoms with Crippen LogP contribution in [0.3, 0.4) is 0 Å². The largest absolute Gasteiger partial charge is 0.494 e. The molecule has 140 valence electrons. The third-order valence-corrected chi connectivity index (χ3v) is 3.83. The molecule has 0 aromatic heterocycles. The summed E-state index contributed by atoms with van der Waals surface area (Å²) in [5.74, 6) is 1.74. The number of benzene rings is 2. The third kappa shape index (κ3) is 5.41. The van der Waals surface area contributed by atoms with Crippen LogP contribution >= 0.6 is 0 Å². The summed E-state index contributed by atoms with van der Waals surface area (Å²) in [6.45, 7) is 8.92. The van der Waals surface area contributed by atoms with Gasteiger partial charge in [-0.25, -0.2) is 0 Å². The van der Waals surface area contributed by atoms with Gasteiger partial charge in [0.2, 0.25) is 0 Å². The van der Waals surface area contributed by atoms with E-state index in [0.717, 1.165) is 12.2 Å². The highest BCUT2D eigenvalue weighted by molar-refractivity contribution is 6.06. The zero-order chi connectivity index (χ0) is 18.9. The van der Waals surface area contributed by atoms with Crippen molar-refractivity contribution in [2.75, 3.05) is 18.5 Å². The summed E-state index contributed by atoms with van der Waals surface area (Å²) in [5.41, 5.74) is 1.16. The first-order valence-corrected chi connectivity index (χ1v) is 9.05. The van der Waals surface area contributed by atoms with Crippen LogP contribution in [0.1, 0.15) is 44.5 Å². The van der Waals surface area contributed by atoms with Crippen LogP contribution < -0.4 is 19.5 Å². The van der Waals surface area contributed by atoms with E-state index in [-0.39, 0.29) is 12.0 Å². The molecular formula is C21H27NO4. The van der Waals surface area contributed by atoms with Crippen LogP contribution in [0.2, 0.25) is 0 Å². The zero-order valence-corrected chi connectivity index (χ0v) is 15.9. The summed E-state index contributed by atoms with van der Waals surface area (Å²) in [4.78, 5) is 12.6. The molecule has 0 aliphatic carbocycles. The maximum absolute atomic E-state index is 12.6. The molecule has 0 heterocycles. The molecule has 0 radical (unpaired) electrons. The van der Waals surface area contributed by atoms with Gasteiger partial charge < -0.3 is 19.5 Å². The van der Waals surface area contributed by atoms with Crippen molar-refractivity contribution in [3.8, 4) is 17.2 Å². The lowest BCUT2D eigenvalue weighted by Gasteiger charge is -2.14. The molecule has 0 saturated carbocycles. The topological polar surface area (TPSA) is 56.8 Å². The Hall–Kier alpha value is -2.69. The van der Waals surface area contributed by atoms with Crippen LogP contribution in [-0.4, -0.2) is 25.2 Å². The maximum atomic E-state index is 12.6. The van der Waals surface area contributed by atoms with Gasteiger partial charge in [-0.05, 0) is 63.6 Å². The van der Waals surface area contributed by atoms with Crippen LogP contribution in [-0.2, 0) is 0 Å². The molecule has 2 aromatic carbocycles. The average Bonchev–Trinajstić information content (AvgIpc) is 2.64. The van der Waals surface area contributed by atoms with Crippen molar-refractivity contribution < 1.29 is 19.0 Å². The van der Waals surface area contributed by atoms with Crippen LogP contribution in [0.4, 0.5) is 5.69 Å². The Bertz CT molecular complexity index is 712. The normalized spacial score (nSPS) is 11.5. The molecule has 1 atom stereocenters. The number of carbonyl (C=O) groups is 1.